The second kappa shape index (κ2) is 7.47. The molecule has 4 aromatic rings. The Hall–Kier alpha value is -3.15. The third kappa shape index (κ3) is 3.04. The zero-order valence-electron chi connectivity index (χ0n) is 16.9. The second-order valence-corrected chi connectivity index (χ2v) is 8.79. The van der Waals surface area contributed by atoms with Crippen molar-refractivity contribution in [3.63, 3.8) is 0 Å². The number of hydrogen-bond acceptors (Lipinski definition) is 3. The van der Waals surface area contributed by atoms with Crippen molar-refractivity contribution in [3.8, 4) is 11.5 Å². The lowest BCUT2D eigenvalue weighted by Crippen LogP contribution is -2.40. The number of carbonyl (C=O) groups is 1. The summed E-state index contributed by atoms with van der Waals surface area (Å²) in [5, 5.41) is 2.02. The van der Waals surface area contributed by atoms with Crippen LogP contribution in [0.5, 0.6) is 11.5 Å². The average molecular weight is 465 g/mol. The van der Waals surface area contributed by atoms with Gasteiger partial charge in [0.25, 0.3) is 5.91 Å². The van der Waals surface area contributed by atoms with E-state index in [1.54, 1.807) is 18.2 Å². The summed E-state index contributed by atoms with van der Waals surface area (Å²) in [4.78, 5) is 19.1. The van der Waals surface area contributed by atoms with Crippen molar-refractivity contribution in [2.24, 2.45) is 0 Å². The number of hydrogen-bond donors (Lipinski definition) is 1. The summed E-state index contributed by atoms with van der Waals surface area (Å²) in [5.41, 5.74) is 4.67. The van der Waals surface area contributed by atoms with Crippen molar-refractivity contribution >= 4 is 40.0 Å². The number of aromatic nitrogens is 1. The Balaban J connectivity index is 1.51. The van der Waals surface area contributed by atoms with E-state index in [9.17, 15) is 4.79 Å². The molecule has 2 aliphatic rings. The Morgan fingerprint density at radius 3 is 2.72 bits per heavy atom. The first kappa shape index (κ1) is 19.5. The Labute approximate surface area is 194 Å². The van der Waals surface area contributed by atoms with Gasteiger partial charge in [0, 0.05) is 28.2 Å². The van der Waals surface area contributed by atoms with Crippen LogP contribution < -0.4 is 9.47 Å². The van der Waals surface area contributed by atoms with E-state index >= 15 is 0 Å². The van der Waals surface area contributed by atoms with Crippen LogP contribution in [0, 0.1) is 0 Å². The number of fused-ring (bicyclic) bond motifs is 4. The quantitative estimate of drug-likeness (QED) is 0.396. The van der Waals surface area contributed by atoms with Crippen LogP contribution in [0.2, 0.25) is 10.0 Å². The summed E-state index contributed by atoms with van der Waals surface area (Å²) in [7, 11) is 0. The number of para-hydroxylation sites is 1. The lowest BCUT2D eigenvalue weighted by molar-refractivity contribution is 0.0692. The molecule has 0 fully saturated rings. The first-order valence-corrected chi connectivity index (χ1v) is 11.1. The third-order valence-electron chi connectivity index (χ3n) is 6.17. The summed E-state index contributed by atoms with van der Waals surface area (Å²) < 4.78 is 11.1. The molecule has 0 saturated carbocycles. The first-order chi connectivity index (χ1) is 15.6. The number of halogens is 2. The van der Waals surface area contributed by atoms with Crippen LogP contribution in [-0.4, -0.2) is 29.1 Å². The molecule has 7 heteroatoms. The number of amides is 1. The van der Waals surface area contributed by atoms with E-state index in [0.717, 1.165) is 23.2 Å². The minimum atomic E-state index is -0.320. The molecule has 0 saturated heterocycles. The Morgan fingerprint density at radius 2 is 1.84 bits per heavy atom. The predicted molar refractivity (Wildman–Crippen MR) is 124 cm³/mol. The van der Waals surface area contributed by atoms with E-state index in [0.29, 0.717) is 33.7 Å². The van der Waals surface area contributed by atoms with Gasteiger partial charge in [-0.3, -0.25) is 4.79 Å². The van der Waals surface area contributed by atoms with E-state index in [2.05, 4.69) is 17.1 Å². The molecule has 0 aliphatic carbocycles. The third-order valence-corrected chi connectivity index (χ3v) is 6.72. The molecule has 6 rings (SSSR count). The van der Waals surface area contributed by atoms with Gasteiger partial charge >= 0.3 is 0 Å². The number of benzene rings is 3. The number of ether oxygens (including phenoxy) is 2. The molecule has 3 aromatic carbocycles. The molecule has 0 radical (unpaired) electrons. The Kier molecular flexibility index (Phi) is 4.56. The monoisotopic (exact) mass is 464 g/mol. The number of nitrogens with one attached hydrogen (secondary N) is 1. The SMILES string of the molecule is O=C(c1ccc(Cl)cc1Cl)N1CCc2c([nH]c3ccccc23)[C@@H]1c1ccc2c(c1)OCO2. The Bertz CT molecular complexity index is 1380. The van der Waals surface area contributed by atoms with E-state index in [1.807, 2.05) is 35.2 Å². The highest BCUT2D eigenvalue weighted by molar-refractivity contribution is 6.36. The van der Waals surface area contributed by atoms with Crippen LogP contribution in [0.1, 0.15) is 33.2 Å². The number of rotatable bonds is 2. The zero-order chi connectivity index (χ0) is 21.8. The highest BCUT2D eigenvalue weighted by Gasteiger charge is 2.36. The van der Waals surface area contributed by atoms with E-state index in [-0.39, 0.29) is 18.7 Å². The van der Waals surface area contributed by atoms with Crippen LogP contribution in [0.4, 0.5) is 0 Å². The normalized spacial score (nSPS) is 16.9. The van der Waals surface area contributed by atoms with Gasteiger partial charge in [0.15, 0.2) is 11.5 Å². The molecular formula is C25H18Cl2N2O3. The maximum atomic E-state index is 13.7. The van der Waals surface area contributed by atoms with E-state index in [4.69, 9.17) is 32.7 Å². The van der Waals surface area contributed by atoms with Crippen molar-refractivity contribution < 1.29 is 14.3 Å². The molecule has 32 heavy (non-hydrogen) atoms. The lowest BCUT2D eigenvalue weighted by atomic mass is 9.91. The van der Waals surface area contributed by atoms with Crippen LogP contribution in [-0.2, 0) is 6.42 Å². The topological polar surface area (TPSA) is 54.6 Å². The molecule has 1 N–H and O–H groups in total. The fourth-order valence-corrected chi connectivity index (χ4v) is 5.20. The van der Waals surface area contributed by atoms with Crippen molar-refractivity contribution in [1.29, 1.82) is 0 Å². The summed E-state index contributed by atoms with van der Waals surface area (Å²) in [6.07, 6.45) is 0.747. The highest BCUT2D eigenvalue weighted by Crippen LogP contribution is 2.42. The fourth-order valence-electron chi connectivity index (χ4n) is 4.71. The van der Waals surface area contributed by atoms with Crippen LogP contribution in [0.3, 0.4) is 0 Å². The van der Waals surface area contributed by atoms with Gasteiger partial charge in [-0.25, -0.2) is 0 Å². The molecule has 1 aromatic heterocycles. The average Bonchev–Trinajstić information content (AvgIpc) is 3.41. The molecule has 0 unspecified atom stereocenters. The first-order valence-electron chi connectivity index (χ1n) is 10.4. The number of aromatic amines is 1. The predicted octanol–water partition coefficient (Wildman–Crippen LogP) is 5.99. The molecule has 2 aliphatic heterocycles. The van der Waals surface area contributed by atoms with Crippen molar-refractivity contribution in [2.45, 2.75) is 12.5 Å². The summed E-state index contributed by atoms with van der Waals surface area (Å²) in [6.45, 7) is 0.760. The fraction of sp³-hybridized carbons (Fsp3) is 0.160. The van der Waals surface area contributed by atoms with Gasteiger partial charge in [-0.15, -0.1) is 0 Å². The summed E-state index contributed by atoms with van der Waals surface area (Å²) in [5.74, 6) is 1.25. The molecule has 0 bridgehead atoms. The summed E-state index contributed by atoms with van der Waals surface area (Å²) in [6, 6.07) is 18.7. The maximum absolute atomic E-state index is 13.7. The lowest BCUT2D eigenvalue weighted by Gasteiger charge is -2.36. The molecule has 3 heterocycles. The standard InChI is InChI=1S/C25H18Cl2N2O3/c26-15-6-7-18(19(27)12-15)25(30)29-10-9-17-16-3-1-2-4-20(16)28-23(17)24(29)14-5-8-21-22(11-14)32-13-31-21/h1-8,11-12,24,28H,9-10,13H2/t24-/m0/s1. The van der Waals surface area contributed by atoms with E-state index in [1.165, 1.54) is 10.9 Å². The smallest absolute Gasteiger partial charge is 0.256 e. The molecule has 160 valence electrons. The Morgan fingerprint density at radius 1 is 1.00 bits per heavy atom. The minimum absolute atomic E-state index is 0.140. The molecule has 5 nitrogen and oxygen atoms in total. The molecule has 1 amide bonds. The van der Waals surface area contributed by atoms with Crippen LogP contribution >= 0.6 is 23.2 Å². The van der Waals surface area contributed by atoms with Gasteiger partial charge < -0.3 is 19.4 Å². The van der Waals surface area contributed by atoms with Gasteiger partial charge in [0.2, 0.25) is 6.79 Å². The second-order valence-electron chi connectivity index (χ2n) is 7.95. The number of nitrogens with zero attached hydrogens (tertiary/aromatic N) is 1. The van der Waals surface area contributed by atoms with Crippen LogP contribution in [0.15, 0.2) is 60.7 Å². The van der Waals surface area contributed by atoms with E-state index < -0.39 is 0 Å². The van der Waals surface area contributed by atoms with Gasteiger partial charge in [-0.05, 0) is 53.9 Å². The van der Waals surface area contributed by atoms with Crippen molar-refractivity contribution in [3.05, 3.63) is 93.1 Å². The molecular weight excluding hydrogens is 447 g/mol. The van der Waals surface area contributed by atoms with Gasteiger partial charge in [-0.2, -0.15) is 0 Å². The largest absolute Gasteiger partial charge is 0.454 e. The maximum Gasteiger partial charge on any atom is 0.256 e. The minimum Gasteiger partial charge on any atom is -0.454 e. The van der Waals surface area contributed by atoms with Gasteiger partial charge in [0.1, 0.15) is 0 Å². The van der Waals surface area contributed by atoms with Crippen molar-refractivity contribution in [2.75, 3.05) is 13.3 Å². The zero-order valence-corrected chi connectivity index (χ0v) is 18.4. The highest BCUT2D eigenvalue weighted by atomic mass is 35.5. The van der Waals surface area contributed by atoms with Crippen LogP contribution in [0.25, 0.3) is 10.9 Å². The molecule has 1 atom stereocenters. The molecule has 0 spiro atoms. The van der Waals surface area contributed by atoms with Crippen molar-refractivity contribution in [1.82, 2.24) is 9.88 Å². The number of carbonyl (C=O) groups excluding carboxylic acids is 1. The number of H-pyrrole nitrogens is 1. The van der Waals surface area contributed by atoms with Gasteiger partial charge in [-0.1, -0.05) is 47.5 Å². The summed E-state index contributed by atoms with van der Waals surface area (Å²) >= 11 is 12.5. The van der Waals surface area contributed by atoms with Gasteiger partial charge in [0.05, 0.1) is 16.6 Å².